The average Bonchev–Trinajstić information content (AvgIpc) is 2.87. The first kappa shape index (κ1) is 16.0. The molecule has 1 aromatic heterocycles. The number of nitrogens with one attached hydrogen (secondary N) is 2. The normalized spacial score (nSPS) is 10.3. The number of fused-ring (bicyclic) bond motifs is 1. The Morgan fingerprint density at radius 1 is 1.36 bits per heavy atom. The second-order valence-corrected chi connectivity index (χ2v) is 5.42. The van der Waals surface area contributed by atoms with Crippen LogP contribution in [0.5, 0.6) is 0 Å². The predicted octanol–water partition coefficient (Wildman–Crippen LogP) is 3.01. The van der Waals surface area contributed by atoms with E-state index in [4.69, 9.17) is 4.74 Å². The molecule has 0 saturated carbocycles. The maximum Gasteiger partial charge on any atom is 0.338 e. The zero-order valence-corrected chi connectivity index (χ0v) is 13.3. The van der Waals surface area contributed by atoms with E-state index in [1.165, 1.54) is 11.3 Å². The Kier molecular flexibility index (Phi) is 5.11. The summed E-state index contributed by atoms with van der Waals surface area (Å²) in [6, 6.07) is 5.07. The highest BCUT2D eigenvalue weighted by atomic mass is 32.1. The molecule has 0 aliphatic rings. The third kappa shape index (κ3) is 3.62. The quantitative estimate of drug-likeness (QED) is 0.656. The van der Waals surface area contributed by atoms with Crippen LogP contribution < -0.4 is 10.6 Å². The summed E-state index contributed by atoms with van der Waals surface area (Å²) in [4.78, 5) is 27.5. The molecule has 0 fully saturated rings. The van der Waals surface area contributed by atoms with Crippen molar-refractivity contribution in [3.8, 4) is 0 Å². The highest BCUT2D eigenvalue weighted by molar-refractivity contribution is 7.22. The molecule has 1 heterocycles. The van der Waals surface area contributed by atoms with E-state index in [9.17, 15) is 9.59 Å². The number of benzene rings is 1. The minimum absolute atomic E-state index is 0.294. The molecule has 7 heteroatoms. The van der Waals surface area contributed by atoms with Gasteiger partial charge < -0.3 is 10.1 Å². The van der Waals surface area contributed by atoms with Crippen LogP contribution in [0.3, 0.4) is 0 Å². The van der Waals surface area contributed by atoms with Crippen LogP contribution in [-0.2, 0) is 9.53 Å². The van der Waals surface area contributed by atoms with Gasteiger partial charge in [0, 0.05) is 6.54 Å². The predicted molar refractivity (Wildman–Crippen MR) is 88.0 cm³/mol. The van der Waals surface area contributed by atoms with Gasteiger partial charge in [-0.05, 0) is 31.5 Å². The Morgan fingerprint density at radius 3 is 2.82 bits per heavy atom. The van der Waals surface area contributed by atoms with Crippen LogP contribution >= 0.6 is 11.3 Å². The minimum atomic E-state index is -0.438. The van der Waals surface area contributed by atoms with Gasteiger partial charge in [-0.3, -0.25) is 5.32 Å². The Labute approximate surface area is 132 Å². The largest absolute Gasteiger partial charge is 0.462 e. The molecule has 2 amide bonds. The van der Waals surface area contributed by atoms with Crippen LogP contribution in [0.1, 0.15) is 19.4 Å². The number of amides is 2. The van der Waals surface area contributed by atoms with Crippen LogP contribution in [0.25, 0.3) is 15.8 Å². The molecule has 0 saturated heterocycles. The molecule has 116 valence electrons. The highest BCUT2D eigenvalue weighted by Crippen LogP contribution is 2.28. The van der Waals surface area contributed by atoms with E-state index >= 15 is 0 Å². The molecule has 2 N–H and O–H groups in total. The fraction of sp³-hybridized carbons (Fsp3) is 0.267. The van der Waals surface area contributed by atoms with Gasteiger partial charge in [0.1, 0.15) is 0 Å². The number of thiazole rings is 1. The van der Waals surface area contributed by atoms with Crippen molar-refractivity contribution in [1.82, 2.24) is 10.3 Å². The topological polar surface area (TPSA) is 80.3 Å². The molecule has 0 bridgehead atoms. The van der Waals surface area contributed by atoms with Crippen molar-refractivity contribution in [2.75, 3.05) is 18.5 Å². The number of esters is 1. The number of carbonyl (C=O) groups excluding carboxylic acids is 2. The maximum atomic E-state index is 11.7. The van der Waals surface area contributed by atoms with Crippen molar-refractivity contribution in [2.45, 2.75) is 13.8 Å². The third-order valence-corrected chi connectivity index (χ3v) is 3.75. The lowest BCUT2D eigenvalue weighted by molar-refractivity contribution is -0.136. The van der Waals surface area contributed by atoms with Crippen LogP contribution in [0.2, 0.25) is 0 Å². The van der Waals surface area contributed by atoms with Crippen molar-refractivity contribution < 1.29 is 14.3 Å². The van der Waals surface area contributed by atoms with E-state index in [2.05, 4.69) is 22.2 Å². The summed E-state index contributed by atoms with van der Waals surface area (Å²) in [7, 11) is 0. The zero-order chi connectivity index (χ0) is 16.1. The van der Waals surface area contributed by atoms with Crippen LogP contribution in [0.15, 0.2) is 24.8 Å². The number of carbonyl (C=O) groups is 2. The van der Waals surface area contributed by atoms with Crippen molar-refractivity contribution in [2.24, 2.45) is 0 Å². The number of hydrogen-bond acceptors (Lipinski definition) is 5. The standard InChI is InChI=1S/C15H17N3O3S/c1-4-16-14(20)18-15-17-11-7-6-10(8-12(11)22-15)9(3)13(19)21-5-2/h6-8H,3-5H2,1-2H3,(H2,16,17,18,20). The Morgan fingerprint density at radius 2 is 2.14 bits per heavy atom. The van der Waals surface area contributed by atoms with Gasteiger partial charge in [0.2, 0.25) is 0 Å². The third-order valence-electron chi connectivity index (χ3n) is 2.82. The number of ether oxygens (including phenoxy) is 1. The molecule has 22 heavy (non-hydrogen) atoms. The average molecular weight is 319 g/mol. The molecule has 0 atom stereocenters. The fourth-order valence-corrected chi connectivity index (χ4v) is 2.70. The van der Waals surface area contributed by atoms with E-state index in [1.807, 2.05) is 13.0 Å². The summed E-state index contributed by atoms with van der Waals surface area (Å²) in [6.07, 6.45) is 0. The first-order valence-corrected chi connectivity index (χ1v) is 7.68. The molecule has 0 spiro atoms. The van der Waals surface area contributed by atoms with Gasteiger partial charge >= 0.3 is 12.0 Å². The zero-order valence-electron chi connectivity index (χ0n) is 12.4. The molecule has 2 aromatic rings. The summed E-state index contributed by atoms with van der Waals surface area (Å²) in [5.74, 6) is -0.438. The molecular weight excluding hydrogens is 302 g/mol. The second-order valence-electron chi connectivity index (χ2n) is 4.38. The Hall–Kier alpha value is -2.41. The summed E-state index contributed by atoms with van der Waals surface area (Å²) < 4.78 is 5.80. The van der Waals surface area contributed by atoms with Crippen molar-refractivity contribution in [3.05, 3.63) is 30.3 Å². The SMILES string of the molecule is C=C(C(=O)OCC)c1ccc2nc(NC(=O)NCC)sc2c1. The first-order chi connectivity index (χ1) is 10.5. The van der Waals surface area contributed by atoms with Gasteiger partial charge in [0.05, 0.1) is 22.4 Å². The van der Waals surface area contributed by atoms with Gasteiger partial charge in [-0.15, -0.1) is 0 Å². The van der Waals surface area contributed by atoms with E-state index in [1.54, 1.807) is 19.1 Å². The molecule has 0 aliphatic heterocycles. The number of nitrogens with zero attached hydrogens (tertiary/aromatic N) is 1. The maximum absolute atomic E-state index is 11.7. The summed E-state index contributed by atoms with van der Waals surface area (Å²) in [5.41, 5.74) is 1.73. The monoisotopic (exact) mass is 319 g/mol. The molecule has 6 nitrogen and oxygen atoms in total. The lowest BCUT2D eigenvalue weighted by atomic mass is 10.1. The van der Waals surface area contributed by atoms with E-state index < -0.39 is 5.97 Å². The number of hydrogen-bond donors (Lipinski definition) is 2. The Balaban J connectivity index is 2.22. The van der Waals surface area contributed by atoms with Crippen LogP contribution in [0.4, 0.5) is 9.93 Å². The molecule has 0 radical (unpaired) electrons. The van der Waals surface area contributed by atoms with Gasteiger partial charge in [-0.1, -0.05) is 24.0 Å². The Bertz CT molecular complexity index is 724. The van der Waals surface area contributed by atoms with Gasteiger partial charge in [0.25, 0.3) is 0 Å². The number of rotatable bonds is 5. The molecule has 0 unspecified atom stereocenters. The fourth-order valence-electron chi connectivity index (χ4n) is 1.80. The molecule has 0 aliphatic carbocycles. The van der Waals surface area contributed by atoms with Crippen molar-refractivity contribution >= 4 is 44.3 Å². The molecule has 1 aromatic carbocycles. The summed E-state index contributed by atoms with van der Waals surface area (Å²) in [6.45, 7) is 8.19. The first-order valence-electron chi connectivity index (χ1n) is 6.87. The molecule has 2 rings (SSSR count). The summed E-state index contributed by atoms with van der Waals surface area (Å²) >= 11 is 1.33. The van der Waals surface area contributed by atoms with Crippen molar-refractivity contribution in [1.29, 1.82) is 0 Å². The molecular formula is C15H17N3O3S. The minimum Gasteiger partial charge on any atom is -0.462 e. The van der Waals surface area contributed by atoms with Gasteiger partial charge in [0.15, 0.2) is 5.13 Å². The second kappa shape index (κ2) is 7.04. The van der Waals surface area contributed by atoms with E-state index in [0.29, 0.717) is 29.4 Å². The number of anilines is 1. The highest BCUT2D eigenvalue weighted by Gasteiger charge is 2.13. The lowest BCUT2D eigenvalue weighted by Gasteiger charge is -2.04. The smallest absolute Gasteiger partial charge is 0.338 e. The lowest BCUT2D eigenvalue weighted by Crippen LogP contribution is -2.28. The van der Waals surface area contributed by atoms with Crippen LogP contribution in [0, 0.1) is 0 Å². The van der Waals surface area contributed by atoms with E-state index in [0.717, 1.165) is 10.2 Å². The number of urea groups is 1. The van der Waals surface area contributed by atoms with Crippen molar-refractivity contribution in [3.63, 3.8) is 0 Å². The number of aromatic nitrogens is 1. The summed E-state index contributed by atoms with van der Waals surface area (Å²) in [5, 5.41) is 5.81. The van der Waals surface area contributed by atoms with E-state index in [-0.39, 0.29) is 6.03 Å². The van der Waals surface area contributed by atoms with Gasteiger partial charge in [-0.25, -0.2) is 14.6 Å². The van der Waals surface area contributed by atoms with Crippen LogP contribution in [-0.4, -0.2) is 30.1 Å². The van der Waals surface area contributed by atoms with Gasteiger partial charge in [-0.2, -0.15) is 0 Å².